The summed E-state index contributed by atoms with van der Waals surface area (Å²) in [6.45, 7) is 3.13. The maximum Gasteiger partial charge on any atom is 0.220 e. The molecule has 1 aliphatic carbocycles. The maximum atomic E-state index is 11.9. The van der Waals surface area contributed by atoms with E-state index in [2.05, 4.69) is 15.2 Å². The zero-order chi connectivity index (χ0) is 14.9. The fraction of sp³-hybridized carbons (Fsp3) is 0.867. The molecule has 0 spiro atoms. The Balaban J connectivity index is 1.58. The van der Waals surface area contributed by atoms with Gasteiger partial charge in [0, 0.05) is 37.6 Å². The molecule has 0 bridgehead atoms. The molecule has 2 rings (SSSR count). The number of rotatable bonds is 5. The third kappa shape index (κ3) is 6.16. The number of carbonyl (C=O) groups is 1. The molecular weight excluding hydrogens is 284 g/mol. The summed E-state index contributed by atoms with van der Waals surface area (Å²) < 4.78 is 0. The highest BCUT2D eigenvalue weighted by atomic mass is 32.2. The molecule has 2 aliphatic rings. The number of hydrogen-bond acceptors (Lipinski definition) is 3. The Kier molecular flexibility index (Phi) is 7.19. The van der Waals surface area contributed by atoms with Crippen LogP contribution in [0.5, 0.6) is 0 Å². The summed E-state index contributed by atoms with van der Waals surface area (Å²) in [5.74, 6) is 3.63. The van der Waals surface area contributed by atoms with Crippen molar-refractivity contribution in [2.24, 2.45) is 16.6 Å². The number of amides is 1. The van der Waals surface area contributed by atoms with Crippen molar-refractivity contribution in [2.45, 2.75) is 38.5 Å². The predicted octanol–water partition coefficient (Wildman–Crippen LogP) is 1.44. The minimum Gasteiger partial charge on any atom is -0.370 e. The molecule has 0 aromatic heterocycles. The van der Waals surface area contributed by atoms with E-state index in [1.165, 1.54) is 32.1 Å². The van der Waals surface area contributed by atoms with Crippen molar-refractivity contribution in [3.63, 3.8) is 0 Å². The number of carbonyl (C=O) groups excluding carboxylic acids is 1. The fourth-order valence-electron chi connectivity index (χ4n) is 2.98. The molecule has 0 radical (unpaired) electrons. The minimum absolute atomic E-state index is 0.171. The van der Waals surface area contributed by atoms with E-state index in [9.17, 15) is 4.79 Å². The molecule has 0 aromatic carbocycles. The van der Waals surface area contributed by atoms with Crippen molar-refractivity contribution in [2.75, 3.05) is 37.7 Å². The summed E-state index contributed by atoms with van der Waals surface area (Å²) in [6, 6.07) is 0. The van der Waals surface area contributed by atoms with E-state index in [1.807, 2.05) is 11.8 Å². The summed E-state index contributed by atoms with van der Waals surface area (Å²) in [6.07, 6.45) is 7.01. The Hall–Kier alpha value is -0.910. The van der Waals surface area contributed by atoms with Gasteiger partial charge >= 0.3 is 0 Å². The van der Waals surface area contributed by atoms with Gasteiger partial charge in [-0.25, -0.2) is 0 Å². The lowest BCUT2D eigenvalue weighted by molar-refractivity contribution is -0.122. The molecule has 1 heterocycles. The van der Waals surface area contributed by atoms with Crippen LogP contribution in [0.2, 0.25) is 0 Å². The van der Waals surface area contributed by atoms with E-state index < -0.39 is 0 Å². The molecule has 0 atom stereocenters. The van der Waals surface area contributed by atoms with Gasteiger partial charge in [0.1, 0.15) is 0 Å². The van der Waals surface area contributed by atoms with E-state index in [-0.39, 0.29) is 5.91 Å². The second-order valence-electron chi connectivity index (χ2n) is 5.90. The van der Waals surface area contributed by atoms with Crippen LogP contribution in [0.4, 0.5) is 0 Å². The van der Waals surface area contributed by atoms with Crippen LogP contribution in [0.25, 0.3) is 0 Å². The first-order chi connectivity index (χ1) is 10.3. The maximum absolute atomic E-state index is 11.9. The van der Waals surface area contributed by atoms with Gasteiger partial charge in [0.15, 0.2) is 5.96 Å². The van der Waals surface area contributed by atoms with Crippen LogP contribution in [-0.2, 0) is 4.79 Å². The number of nitrogens with two attached hydrogens (primary N) is 1. The lowest BCUT2D eigenvalue weighted by Crippen LogP contribution is -2.43. The summed E-state index contributed by atoms with van der Waals surface area (Å²) in [5.41, 5.74) is 5.97. The van der Waals surface area contributed by atoms with Gasteiger partial charge in [0.25, 0.3) is 0 Å². The van der Waals surface area contributed by atoms with Crippen molar-refractivity contribution >= 4 is 23.6 Å². The molecule has 0 unspecified atom stereocenters. The van der Waals surface area contributed by atoms with Crippen LogP contribution in [0.1, 0.15) is 38.5 Å². The van der Waals surface area contributed by atoms with Gasteiger partial charge in [-0.05, 0) is 18.8 Å². The Morgan fingerprint density at radius 1 is 1.24 bits per heavy atom. The van der Waals surface area contributed by atoms with Crippen molar-refractivity contribution in [3.05, 3.63) is 0 Å². The molecule has 1 saturated carbocycles. The van der Waals surface area contributed by atoms with Gasteiger partial charge in [-0.3, -0.25) is 9.79 Å². The van der Waals surface area contributed by atoms with Gasteiger partial charge in [-0.2, -0.15) is 11.8 Å². The van der Waals surface area contributed by atoms with Crippen molar-refractivity contribution in [1.29, 1.82) is 0 Å². The summed E-state index contributed by atoms with van der Waals surface area (Å²) in [4.78, 5) is 18.3. The summed E-state index contributed by atoms with van der Waals surface area (Å²) >= 11 is 1.96. The van der Waals surface area contributed by atoms with Gasteiger partial charge in [-0.1, -0.05) is 19.3 Å². The first kappa shape index (κ1) is 16.5. The first-order valence-electron chi connectivity index (χ1n) is 8.15. The molecule has 1 saturated heterocycles. The number of aliphatic imine (C=N–C) groups is 1. The number of nitrogens with zero attached hydrogens (tertiary/aromatic N) is 2. The molecule has 6 heteroatoms. The van der Waals surface area contributed by atoms with Gasteiger partial charge < -0.3 is 16.0 Å². The van der Waals surface area contributed by atoms with Crippen molar-refractivity contribution < 1.29 is 4.79 Å². The van der Waals surface area contributed by atoms with Gasteiger partial charge in [-0.15, -0.1) is 0 Å². The van der Waals surface area contributed by atoms with Crippen LogP contribution in [0, 0.1) is 5.92 Å². The van der Waals surface area contributed by atoms with Crippen molar-refractivity contribution in [3.8, 4) is 0 Å². The lowest BCUT2D eigenvalue weighted by atomic mass is 9.87. The monoisotopic (exact) mass is 312 g/mol. The number of hydrogen-bond donors (Lipinski definition) is 2. The molecule has 1 amide bonds. The van der Waals surface area contributed by atoms with E-state index in [1.54, 1.807) is 0 Å². The van der Waals surface area contributed by atoms with E-state index in [0.29, 0.717) is 31.4 Å². The first-order valence-corrected chi connectivity index (χ1v) is 9.30. The lowest BCUT2D eigenvalue weighted by Gasteiger charge is -2.27. The topological polar surface area (TPSA) is 70.7 Å². The predicted molar refractivity (Wildman–Crippen MR) is 89.6 cm³/mol. The highest BCUT2D eigenvalue weighted by molar-refractivity contribution is 7.99. The zero-order valence-corrected chi connectivity index (χ0v) is 13.7. The SMILES string of the molecule is NC(=NCCNC(=O)CC1CCCCC1)N1CCSCC1. The molecule has 1 aliphatic heterocycles. The Labute approximate surface area is 132 Å². The Morgan fingerprint density at radius 2 is 1.95 bits per heavy atom. The highest BCUT2D eigenvalue weighted by Gasteiger charge is 2.16. The second kappa shape index (κ2) is 9.18. The Morgan fingerprint density at radius 3 is 2.67 bits per heavy atom. The molecule has 21 heavy (non-hydrogen) atoms. The highest BCUT2D eigenvalue weighted by Crippen LogP contribution is 2.25. The van der Waals surface area contributed by atoms with Crippen LogP contribution in [0.15, 0.2) is 4.99 Å². The van der Waals surface area contributed by atoms with Gasteiger partial charge in [0.05, 0.1) is 6.54 Å². The van der Waals surface area contributed by atoms with Crippen molar-refractivity contribution in [1.82, 2.24) is 10.2 Å². The largest absolute Gasteiger partial charge is 0.370 e. The molecule has 0 aromatic rings. The van der Waals surface area contributed by atoms with E-state index >= 15 is 0 Å². The smallest absolute Gasteiger partial charge is 0.220 e. The summed E-state index contributed by atoms with van der Waals surface area (Å²) in [5, 5.41) is 2.96. The summed E-state index contributed by atoms with van der Waals surface area (Å²) in [7, 11) is 0. The van der Waals surface area contributed by atoms with E-state index in [4.69, 9.17) is 5.73 Å². The fourth-order valence-corrected chi connectivity index (χ4v) is 3.89. The van der Waals surface area contributed by atoms with Crippen LogP contribution in [0.3, 0.4) is 0 Å². The standard InChI is InChI=1S/C15H28N4OS/c16-15(19-8-10-21-11-9-19)18-7-6-17-14(20)12-13-4-2-1-3-5-13/h13H,1-12H2,(H2,16,18)(H,17,20). The average Bonchev–Trinajstić information content (AvgIpc) is 2.53. The molecule has 2 fully saturated rings. The Bertz CT molecular complexity index is 350. The molecular formula is C15H28N4OS. The van der Waals surface area contributed by atoms with Gasteiger partial charge in [0.2, 0.25) is 5.91 Å². The third-order valence-corrected chi connectivity index (χ3v) is 5.18. The van der Waals surface area contributed by atoms with E-state index in [0.717, 1.165) is 24.6 Å². The number of thioether (sulfide) groups is 1. The molecule has 120 valence electrons. The minimum atomic E-state index is 0.171. The van der Waals surface area contributed by atoms with Crippen LogP contribution in [-0.4, -0.2) is 54.5 Å². The van der Waals surface area contributed by atoms with Crippen LogP contribution < -0.4 is 11.1 Å². The zero-order valence-electron chi connectivity index (χ0n) is 12.9. The van der Waals surface area contributed by atoms with Crippen LogP contribution >= 0.6 is 11.8 Å². The molecule has 5 nitrogen and oxygen atoms in total. The second-order valence-corrected chi connectivity index (χ2v) is 7.12. The average molecular weight is 312 g/mol. The quantitative estimate of drug-likeness (QED) is 0.458. The number of nitrogens with one attached hydrogen (secondary N) is 1. The number of guanidine groups is 1. The normalized spacial score (nSPS) is 21.3. The molecule has 3 N–H and O–H groups in total. The third-order valence-electron chi connectivity index (χ3n) is 4.24.